The molecule has 0 spiro atoms. The molecule has 2 atom stereocenters. The molecule has 0 aliphatic carbocycles. The van der Waals surface area contributed by atoms with E-state index in [1.165, 1.54) is 14.2 Å². The third kappa shape index (κ3) is 4.58. The van der Waals surface area contributed by atoms with Gasteiger partial charge in [-0.05, 0) is 6.92 Å². The van der Waals surface area contributed by atoms with Gasteiger partial charge in [-0.3, -0.25) is 0 Å². The van der Waals surface area contributed by atoms with Crippen LogP contribution in [0.25, 0.3) is 0 Å². The second kappa shape index (κ2) is 5.32. The van der Waals surface area contributed by atoms with Crippen LogP contribution in [0.15, 0.2) is 0 Å². The van der Waals surface area contributed by atoms with Crippen LogP contribution >= 0.6 is 0 Å². The minimum atomic E-state index is -1.45. The number of hydrogen-bond donors (Lipinski definition) is 2. The van der Waals surface area contributed by atoms with Crippen molar-refractivity contribution in [1.29, 1.82) is 0 Å². The Hall–Kier alpha value is -0.600. The highest BCUT2D eigenvalue weighted by molar-refractivity contribution is 5.10. The van der Waals surface area contributed by atoms with Crippen LogP contribution in [0.1, 0.15) is 13.3 Å². The predicted octanol–water partition coefficient (Wildman–Crippen LogP) is -0.215. The molecule has 0 radical (unpaired) electrons. The van der Waals surface area contributed by atoms with Crippen molar-refractivity contribution in [3.63, 3.8) is 0 Å². The molecule has 0 aromatic carbocycles. The minimum absolute atomic E-state index is 0.0106. The maximum absolute atomic E-state index is 9.81. The van der Waals surface area contributed by atoms with Crippen molar-refractivity contribution >= 4 is 0 Å². The van der Waals surface area contributed by atoms with Gasteiger partial charge in [0.15, 0.2) is 5.60 Å². The largest absolute Gasteiger partial charge is 0.388 e. The number of terminal acetylenes is 1. The highest BCUT2D eigenvalue weighted by atomic mass is 16.5. The number of aliphatic hydroxyl groups is 2. The lowest BCUT2D eigenvalue weighted by Gasteiger charge is -2.30. The van der Waals surface area contributed by atoms with E-state index in [2.05, 4.69) is 5.92 Å². The first-order valence-electron chi connectivity index (χ1n) is 4.29. The Bertz CT molecular complexity index is 207. The van der Waals surface area contributed by atoms with Crippen LogP contribution in [0.3, 0.4) is 0 Å². The summed E-state index contributed by atoms with van der Waals surface area (Å²) in [5.74, 6) is 2.21. The molecule has 0 aliphatic heterocycles. The molecule has 0 saturated heterocycles. The fourth-order valence-electron chi connectivity index (χ4n) is 1.37. The number of rotatable bonds is 6. The van der Waals surface area contributed by atoms with Gasteiger partial charge < -0.3 is 19.7 Å². The van der Waals surface area contributed by atoms with Gasteiger partial charge in [0.05, 0.1) is 18.8 Å². The van der Waals surface area contributed by atoms with Crippen LogP contribution in [-0.2, 0) is 9.47 Å². The van der Waals surface area contributed by atoms with E-state index in [9.17, 15) is 10.2 Å². The number of ether oxygens (including phenoxy) is 2. The fraction of sp³-hybridized carbons (Fsp3) is 0.800. The predicted molar refractivity (Wildman–Crippen MR) is 52.8 cm³/mol. The van der Waals surface area contributed by atoms with Crippen LogP contribution in [0.5, 0.6) is 0 Å². The zero-order valence-corrected chi connectivity index (χ0v) is 8.91. The van der Waals surface area contributed by atoms with Crippen molar-refractivity contribution in [2.75, 3.05) is 27.4 Å². The summed E-state index contributed by atoms with van der Waals surface area (Å²) in [6.45, 7) is 1.65. The van der Waals surface area contributed by atoms with Gasteiger partial charge in [0.2, 0.25) is 0 Å². The van der Waals surface area contributed by atoms with E-state index in [1.54, 1.807) is 6.92 Å². The summed E-state index contributed by atoms with van der Waals surface area (Å²) in [4.78, 5) is 0. The summed E-state index contributed by atoms with van der Waals surface area (Å²) in [5, 5.41) is 19.6. The molecule has 0 saturated carbocycles. The Labute approximate surface area is 84.8 Å². The van der Waals surface area contributed by atoms with Crippen LogP contribution in [0.4, 0.5) is 0 Å². The lowest BCUT2D eigenvalue weighted by molar-refractivity contribution is -0.0846. The number of hydrogen-bond acceptors (Lipinski definition) is 4. The third-order valence-electron chi connectivity index (χ3n) is 1.78. The summed E-state index contributed by atoms with van der Waals surface area (Å²) in [7, 11) is 2.91. The first kappa shape index (κ1) is 13.4. The summed E-state index contributed by atoms with van der Waals surface area (Å²) in [6, 6.07) is 0. The summed E-state index contributed by atoms with van der Waals surface area (Å²) in [6.07, 6.45) is 5.18. The molecule has 2 unspecified atom stereocenters. The van der Waals surface area contributed by atoms with Gasteiger partial charge in [-0.15, -0.1) is 6.42 Å². The fourth-order valence-corrected chi connectivity index (χ4v) is 1.37. The van der Waals surface area contributed by atoms with E-state index in [1.807, 2.05) is 0 Å². The Morgan fingerprint density at radius 3 is 2.07 bits per heavy atom. The second-order valence-corrected chi connectivity index (χ2v) is 3.72. The Morgan fingerprint density at radius 1 is 1.21 bits per heavy atom. The van der Waals surface area contributed by atoms with E-state index >= 15 is 0 Å². The molecule has 0 amide bonds. The molecule has 2 N–H and O–H groups in total. The molecule has 0 heterocycles. The number of methoxy groups -OCH3 is 2. The monoisotopic (exact) mass is 202 g/mol. The Kier molecular flexibility index (Phi) is 5.09. The molecule has 14 heavy (non-hydrogen) atoms. The molecule has 0 rings (SSSR count). The zero-order chi connectivity index (χ0) is 11.2. The van der Waals surface area contributed by atoms with Gasteiger partial charge in [0.25, 0.3) is 0 Å². The van der Waals surface area contributed by atoms with Crippen molar-refractivity contribution in [2.24, 2.45) is 0 Å². The standard InChI is InChI=1S/C10H18O4/c1-5-10(12,8-14-4)6-9(2,11)7-13-3/h1,11-12H,6-8H2,2-4H3. The lowest BCUT2D eigenvalue weighted by Crippen LogP contribution is -2.44. The van der Waals surface area contributed by atoms with Gasteiger partial charge in [-0.1, -0.05) is 5.92 Å². The zero-order valence-electron chi connectivity index (χ0n) is 8.91. The highest BCUT2D eigenvalue weighted by Gasteiger charge is 2.34. The summed E-state index contributed by atoms with van der Waals surface area (Å²) < 4.78 is 9.58. The van der Waals surface area contributed by atoms with E-state index in [-0.39, 0.29) is 19.6 Å². The smallest absolute Gasteiger partial charge is 0.151 e. The van der Waals surface area contributed by atoms with Crippen molar-refractivity contribution in [2.45, 2.75) is 24.5 Å². The van der Waals surface area contributed by atoms with E-state index in [4.69, 9.17) is 15.9 Å². The maximum atomic E-state index is 9.81. The molecule has 0 aromatic rings. The average molecular weight is 202 g/mol. The molecule has 82 valence electrons. The van der Waals surface area contributed by atoms with Crippen molar-refractivity contribution in [3.8, 4) is 12.3 Å². The van der Waals surface area contributed by atoms with Crippen molar-refractivity contribution < 1.29 is 19.7 Å². The van der Waals surface area contributed by atoms with Gasteiger partial charge in [0, 0.05) is 20.6 Å². The van der Waals surface area contributed by atoms with Gasteiger partial charge in [-0.25, -0.2) is 0 Å². The van der Waals surface area contributed by atoms with Crippen molar-refractivity contribution in [1.82, 2.24) is 0 Å². The topological polar surface area (TPSA) is 58.9 Å². The first-order chi connectivity index (χ1) is 6.39. The normalized spacial score (nSPS) is 19.4. The molecule has 0 fully saturated rings. The van der Waals surface area contributed by atoms with Crippen molar-refractivity contribution in [3.05, 3.63) is 0 Å². The van der Waals surface area contributed by atoms with E-state index in [0.29, 0.717) is 0 Å². The van der Waals surface area contributed by atoms with E-state index < -0.39 is 11.2 Å². The Balaban J connectivity index is 4.38. The molecular weight excluding hydrogens is 184 g/mol. The van der Waals surface area contributed by atoms with E-state index in [0.717, 1.165) is 0 Å². The second-order valence-electron chi connectivity index (χ2n) is 3.72. The maximum Gasteiger partial charge on any atom is 0.151 e. The first-order valence-corrected chi connectivity index (χ1v) is 4.29. The minimum Gasteiger partial charge on any atom is -0.388 e. The quantitative estimate of drug-likeness (QED) is 0.585. The molecule has 4 heteroatoms. The lowest BCUT2D eigenvalue weighted by atomic mass is 9.90. The molecule has 0 aliphatic rings. The molecule has 0 bridgehead atoms. The van der Waals surface area contributed by atoms with Crippen LogP contribution in [-0.4, -0.2) is 48.8 Å². The van der Waals surface area contributed by atoms with Crippen LogP contribution in [0, 0.1) is 12.3 Å². The van der Waals surface area contributed by atoms with Gasteiger partial charge >= 0.3 is 0 Å². The Morgan fingerprint density at radius 2 is 1.71 bits per heavy atom. The van der Waals surface area contributed by atoms with Gasteiger partial charge in [0.1, 0.15) is 0 Å². The summed E-state index contributed by atoms with van der Waals surface area (Å²) >= 11 is 0. The molecule has 4 nitrogen and oxygen atoms in total. The third-order valence-corrected chi connectivity index (χ3v) is 1.78. The highest BCUT2D eigenvalue weighted by Crippen LogP contribution is 2.20. The molecule has 0 aromatic heterocycles. The average Bonchev–Trinajstić information content (AvgIpc) is 2.03. The van der Waals surface area contributed by atoms with Crippen LogP contribution in [0.2, 0.25) is 0 Å². The van der Waals surface area contributed by atoms with Gasteiger partial charge in [-0.2, -0.15) is 0 Å². The molecular formula is C10H18O4. The SMILES string of the molecule is C#CC(O)(COC)CC(C)(O)COC. The summed E-state index contributed by atoms with van der Waals surface area (Å²) in [5.41, 5.74) is -2.61. The van der Waals surface area contributed by atoms with Crippen LogP contribution < -0.4 is 0 Å².